The first-order valence-electron chi connectivity index (χ1n) is 10.7. The lowest BCUT2D eigenvalue weighted by Gasteiger charge is -2.30. The zero-order chi connectivity index (χ0) is 19.9. The normalized spacial score (nSPS) is 13.2. The van der Waals surface area contributed by atoms with Crippen molar-refractivity contribution < 1.29 is 0 Å². The SMILES string of the molecule is CCN(CC)CCCCNC(=NC)NCC(c1ccccc1)N(CC)CC. The molecule has 0 saturated carbocycles. The monoisotopic (exact) mass is 375 g/mol. The van der Waals surface area contributed by atoms with Gasteiger partial charge in [-0.25, -0.2) is 0 Å². The molecule has 0 spiro atoms. The fraction of sp³-hybridized carbons (Fsp3) is 0.682. The predicted octanol–water partition coefficient (Wildman–Crippen LogP) is 3.36. The van der Waals surface area contributed by atoms with Gasteiger partial charge in [-0.2, -0.15) is 0 Å². The van der Waals surface area contributed by atoms with Gasteiger partial charge in [0, 0.05) is 20.1 Å². The van der Waals surface area contributed by atoms with Crippen molar-refractivity contribution in [3.63, 3.8) is 0 Å². The minimum absolute atomic E-state index is 0.349. The van der Waals surface area contributed by atoms with Gasteiger partial charge in [0.05, 0.1) is 6.04 Å². The van der Waals surface area contributed by atoms with Gasteiger partial charge in [-0.05, 0) is 51.1 Å². The van der Waals surface area contributed by atoms with Crippen molar-refractivity contribution >= 4 is 5.96 Å². The number of likely N-dealkylation sites (N-methyl/N-ethyl adjacent to an activating group) is 1. The number of hydrogen-bond acceptors (Lipinski definition) is 3. The van der Waals surface area contributed by atoms with Gasteiger partial charge in [0.1, 0.15) is 0 Å². The van der Waals surface area contributed by atoms with Crippen LogP contribution in [0, 0.1) is 0 Å². The van der Waals surface area contributed by atoms with Gasteiger partial charge in [-0.1, -0.05) is 58.0 Å². The van der Waals surface area contributed by atoms with E-state index in [1.165, 1.54) is 18.5 Å². The first-order chi connectivity index (χ1) is 13.2. The zero-order valence-electron chi connectivity index (χ0n) is 18.2. The van der Waals surface area contributed by atoms with E-state index in [4.69, 9.17) is 0 Å². The molecule has 0 aliphatic rings. The topological polar surface area (TPSA) is 42.9 Å². The summed E-state index contributed by atoms with van der Waals surface area (Å²) >= 11 is 0. The maximum Gasteiger partial charge on any atom is 0.191 e. The lowest BCUT2D eigenvalue weighted by molar-refractivity contribution is 0.219. The van der Waals surface area contributed by atoms with Crippen LogP contribution in [0.15, 0.2) is 35.3 Å². The predicted molar refractivity (Wildman–Crippen MR) is 118 cm³/mol. The minimum atomic E-state index is 0.349. The van der Waals surface area contributed by atoms with Gasteiger partial charge in [0.2, 0.25) is 0 Å². The molecule has 0 aliphatic carbocycles. The Balaban J connectivity index is 2.48. The summed E-state index contributed by atoms with van der Waals surface area (Å²) in [5.41, 5.74) is 1.35. The van der Waals surface area contributed by atoms with Crippen molar-refractivity contribution in [2.24, 2.45) is 4.99 Å². The summed E-state index contributed by atoms with van der Waals surface area (Å²) in [6.07, 6.45) is 2.38. The summed E-state index contributed by atoms with van der Waals surface area (Å²) in [6.45, 7) is 16.2. The van der Waals surface area contributed by atoms with E-state index in [-0.39, 0.29) is 0 Å². The molecule has 0 heterocycles. The number of nitrogens with one attached hydrogen (secondary N) is 2. The number of aliphatic imine (C=N–C) groups is 1. The molecule has 1 aromatic rings. The van der Waals surface area contributed by atoms with Crippen molar-refractivity contribution in [3.8, 4) is 0 Å². The highest BCUT2D eigenvalue weighted by molar-refractivity contribution is 5.79. The standard InChI is InChI=1S/C22H41N5/c1-6-26(7-2)18-14-13-17-24-22(23-5)25-19-21(27(8-3)9-4)20-15-11-10-12-16-20/h10-12,15-16,21H,6-9,13-14,17-19H2,1-5H3,(H2,23,24,25). The highest BCUT2D eigenvalue weighted by Gasteiger charge is 2.18. The van der Waals surface area contributed by atoms with E-state index in [0.717, 1.165) is 51.6 Å². The van der Waals surface area contributed by atoms with Gasteiger partial charge < -0.3 is 15.5 Å². The van der Waals surface area contributed by atoms with Crippen molar-refractivity contribution in [2.75, 3.05) is 52.9 Å². The molecule has 0 saturated heterocycles. The number of rotatable bonds is 13. The van der Waals surface area contributed by atoms with Crippen molar-refractivity contribution in [2.45, 2.75) is 46.6 Å². The average Bonchev–Trinajstić information content (AvgIpc) is 2.72. The average molecular weight is 376 g/mol. The quantitative estimate of drug-likeness (QED) is 0.315. The molecule has 2 N–H and O–H groups in total. The molecule has 1 rings (SSSR count). The number of benzene rings is 1. The molecular weight excluding hydrogens is 334 g/mol. The second-order valence-electron chi connectivity index (χ2n) is 6.76. The summed E-state index contributed by atoms with van der Waals surface area (Å²) in [4.78, 5) is 9.35. The highest BCUT2D eigenvalue weighted by atomic mass is 15.2. The van der Waals surface area contributed by atoms with E-state index in [0.29, 0.717) is 6.04 Å². The van der Waals surface area contributed by atoms with E-state index in [1.54, 1.807) is 0 Å². The summed E-state index contributed by atoms with van der Waals surface area (Å²) in [6, 6.07) is 11.1. The smallest absolute Gasteiger partial charge is 0.191 e. The molecule has 154 valence electrons. The second kappa shape index (κ2) is 14.5. The molecule has 0 bridgehead atoms. The lowest BCUT2D eigenvalue weighted by atomic mass is 10.1. The third-order valence-electron chi connectivity index (χ3n) is 5.21. The molecular formula is C22H41N5. The Morgan fingerprint density at radius 1 is 0.926 bits per heavy atom. The van der Waals surface area contributed by atoms with E-state index in [9.17, 15) is 0 Å². The van der Waals surface area contributed by atoms with Crippen molar-refractivity contribution in [1.82, 2.24) is 20.4 Å². The summed E-state index contributed by atoms with van der Waals surface area (Å²) in [5, 5.41) is 6.99. The van der Waals surface area contributed by atoms with Gasteiger partial charge >= 0.3 is 0 Å². The first kappa shape index (κ1) is 23.4. The maximum absolute atomic E-state index is 4.40. The minimum Gasteiger partial charge on any atom is -0.356 e. The summed E-state index contributed by atoms with van der Waals surface area (Å²) in [5.74, 6) is 0.894. The number of hydrogen-bond donors (Lipinski definition) is 2. The van der Waals surface area contributed by atoms with Crippen LogP contribution < -0.4 is 10.6 Å². The Kier molecular flexibility index (Phi) is 12.6. The van der Waals surface area contributed by atoms with Crippen LogP contribution in [0.5, 0.6) is 0 Å². The van der Waals surface area contributed by atoms with Crippen molar-refractivity contribution in [3.05, 3.63) is 35.9 Å². The van der Waals surface area contributed by atoms with Gasteiger partial charge in [0.25, 0.3) is 0 Å². The van der Waals surface area contributed by atoms with E-state index >= 15 is 0 Å². The van der Waals surface area contributed by atoms with E-state index in [1.807, 2.05) is 7.05 Å². The molecule has 0 aromatic heterocycles. The van der Waals surface area contributed by atoms with Crippen LogP contribution in [0.25, 0.3) is 0 Å². The number of guanidine groups is 1. The van der Waals surface area contributed by atoms with Crippen LogP contribution in [0.2, 0.25) is 0 Å². The molecule has 0 radical (unpaired) electrons. The van der Waals surface area contributed by atoms with E-state index < -0.39 is 0 Å². The maximum atomic E-state index is 4.40. The molecule has 1 aromatic carbocycles. The Labute approximate surface area is 167 Å². The van der Waals surface area contributed by atoms with Crippen LogP contribution in [0.1, 0.15) is 52.1 Å². The van der Waals surface area contributed by atoms with Crippen LogP contribution in [-0.4, -0.2) is 68.6 Å². The highest BCUT2D eigenvalue weighted by Crippen LogP contribution is 2.19. The molecule has 1 unspecified atom stereocenters. The van der Waals surface area contributed by atoms with Crippen LogP contribution in [-0.2, 0) is 0 Å². The van der Waals surface area contributed by atoms with E-state index in [2.05, 4.69) is 83.5 Å². The molecule has 1 atom stereocenters. The fourth-order valence-electron chi connectivity index (χ4n) is 3.42. The molecule has 5 heteroatoms. The number of nitrogens with zero attached hydrogens (tertiary/aromatic N) is 3. The Bertz CT molecular complexity index is 495. The number of unbranched alkanes of at least 4 members (excludes halogenated alkanes) is 1. The molecule has 5 nitrogen and oxygen atoms in total. The van der Waals surface area contributed by atoms with Gasteiger partial charge in [-0.3, -0.25) is 9.89 Å². The molecule has 0 amide bonds. The Morgan fingerprint density at radius 2 is 1.59 bits per heavy atom. The van der Waals surface area contributed by atoms with Crippen LogP contribution in [0.4, 0.5) is 0 Å². The largest absolute Gasteiger partial charge is 0.356 e. The van der Waals surface area contributed by atoms with Crippen molar-refractivity contribution in [1.29, 1.82) is 0 Å². The molecule has 0 aliphatic heterocycles. The van der Waals surface area contributed by atoms with Crippen LogP contribution in [0.3, 0.4) is 0 Å². The second-order valence-corrected chi connectivity index (χ2v) is 6.76. The van der Waals surface area contributed by atoms with Gasteiger partial charge in [0.15, 0.2) is 5.96 Å². The van der Waals surface area contributed by atoms with Crippen LogP contribution >= 0.6 is 0 Å². The third kappa shape index (κ3) is 8.76. The molecule has 27 heavy (non-hydrogen) atoms. The first-order valence-corrected chi connectivity index (χ1v) is 10.7. The summed E-state index contributed by atoms with van der Waals surface area (Å²) < 4.78 is 0. The summed E-state index contributed by atoms with van der Waals surface area (Å²) in [7, 11) is 1.85. The Morgan fingerprint density at radius 3 is 2.15 bits per heavy atom. The zero-order valence-corrected chi connectivity index (χ0v) is 18.2. The Hall–Kier alpha value is -1.59. The van der Waals surface area contributed by atoms with Gasteiger partial charge in [-0.15, -0.1) is 0 Å². The molecule has 0 fully saturated rings. The fourth-order valence-corrected chi connectivity index (χ4v) is 3.42. The third-order valence-corrected chi connectivity index (χ3v) is 5.21. The lowest BCUT2D eigenvalue weighted by Crippen LogP contribution is -2.43.